The molecule has 0 fully saturated rings. The van der Waals surface area contributed by atoms with E-state index in [0.29, 0.717) is 6.04 Å². The van der Waals surface area contributed by atoms with Gasteiger partial charge in [0.05, 0.1) is 0 Å². The molecule has 1 aliphatic carbocycles. The van der Waals surface area contributed by atoms with E-state index in [1.807, 2.05) is 12.1 Å². The van der Waals surface area contributed by atoms with Gasteiger partial charge in [-0.3, -0.25) is 10.0 Å². The number of rotatable bonds is 4. The smallest absolute Gasteiger partial charge is 0.267 e. The fourth-order valence-corrected chi connectivity index (χ4v) is 2.67. The van der Waals surface area contributed by atoms with Crippen LogP contribution in [0.15, 0.2) is 48.7 Å². The first-order chi connectivity index (χ1) is 10.7. The lowest BCUT2D eigenvalue weighted by Gasteiger charge is -2.12. The molecule has 0 bridgehead atoms. The Morgan fingerprint density at radius 3 is 2.43 bits per heavy atom. The van der Waals surface area contributed by atoms with Crippen molar-refractivity contribution in [2.75, 3.05) is 5.32 Å². The van der Waals surface area contributed by atoms with E-state index >= 15 is 0 Å². The highest BCUT2D eigenvalue weighted by Gasteiger charge is 2.20. The second kappa shape index (κ2) is 7.76. The van der Waals surface area contributed by atoms with E-state index in [9.17, 15) is 4.79 Å². The summed E-state index contributed by atoms with van der Waals surface area (Å²) >= 11 is 0. The van der Waals surface area contributed by atoms with Gasteiger partial charge in [-0.1, -0.05) is 24.3 Å². The summed E-state index contributed by atoms with van der Waals surface area (Å²) in [5.74, 6) is 0.257. The Bertz CT molecular complexity index is 676. The Balaban J connectivity index is 0.00000192. The van der Waals surface area contributed by atoms with E-state index in [1.165, 1.54) is 17.2 Å². The van der Waals surface area contributed by atoms with Crippen molar-refractivity contribution in [1.82, 2.24) is 10.5 Å². The van der Waals surface area contributed by atoms with E-state index in [1.54, 1.807) is 17.8 Å². The van der Waals surface area contributed by atoms with Gasteiger partial charge in [-0.2, -0.15) is 0 Å². The molecule has 0 saturated carbocycles. The molecule has 120 valence electrons. The number of halogens is 1. The molecule has 6 heteroatoms. The molecule has 0 aliphatic heterocycles. The lowest BCUT2D eigenvalue weighted by Crippen LogP contribution is -2.20. The van der Waals surface area contributed by atoms with Crippen molar-refractivity contribution in [3.05, 3.63) is 65.4 Å². The number of hydrogen-bond acceptors (Lipinski definition) is 4. The van der Waals surface area contributed by atoms with Gasteiger partial charge in [0.15, 0.2) is 0 Å². The van der Waals surface area contributed by atoms with Gasteiger partial charge in [-0.05, 0) is 47.7 Å². The van der Waals surface area contributed by atoms with Crippen molar-refractivity contribution in [2.45, 2.75) is 18.9 Å². The number of amides is 1. The van der Waals surface area contributed by atoms with Crippen molar-refractivity contribution in [1.29, 1.82) is 0 Å². The fourth-order valence-electron chi connectivity index (χ4n) is 2.67. The summed E-state index contributed by atoms with van der Waals surface area (Å²) in [4.78, 5) is 15.3. The second-order valence-corrected chi connectivity index (χ2v) is 5.30. The molecule has 5 nitrogen and oxygen atoms in total. The van der Waals surface area contributed by atoms with Crippen LogP contribution in [0.3, 0.4) is 0 Å². The van der Waals surface area contributed by atoms with Gasteiger partial charge in [-0.25, -0.2) is 10.5 Å². The molecule has 1 aromatic heterocycles. The van der Waals surface area contributed by atoms with Gasteiger partial charge in [0.2, 0.25) is 0 Å². The Morgan fingerprint density at radius 2 is 1.87 bits per heavy atom. The van der Waals surface area contributed by atoms with Crippen LogP contribution in [0.1, 0.15) is 16.7 Å². The summed E-state index contributed by atoms with van der Waals surface area (Å²) in [5, 5.41) is 11.9. The van der Waals surface area contributed by atoms with Crippen molar-refractivity contribution < 1.29 is 10.0 Å². The predicted molar refractivity (Wildman–Crippen MR) is 91.7 cm³/mol. The number of carbonyl (C=O) groups is 1. The number of fused-ring (bicyclic) bond motifs is 1. The molecular formula is C17H18ClN3O2. The molecular weight excluding hydrogens is 314 g/mol. The predicted octanol–water partition coefficient (Wildman–Crippen LogP) is 2.60. The van der Waals surface area contributed by atoms with Gasteiger partial charge in [0.25, 0.3) is 5.91 Å². The first-order valence-corrected chi connectivity index (χ1v) is 7.16. The Hall–Kier alpha value is -2.37. The van der Waals surface area contributed by atoms with Crippen LogP contribution in [0.4, 0.5) is 5.82 Å². The van der Waals surface area contributed by atoms with Crippen molar-refractivity contribution >= 4 is 30.2 Å². The van der Waals surface area contributed by atoms with Crippen LogP contribution in [0.2, 0.25) is 0 Å². The number of nitrogens with zero attached hydrogens (tertiary/aromatic N) is 1. The molecule has 0 radical (unpaired) electrons. The molecule has 0 atom stereocenters. The molecule has 0 unspecified atom stereocenters. The first kappa shape index (κ1) is 17.0. The van der Waals surface area contributed by atoms with Crippen molar-refractivity contribution in [3.8, 4) is 0 Å². The number of pyridine rings is 1. The van der Waals surface area contributed by atoms with E-state index < -0.39 is 5.91 Å². The zero-order valence-corrected chi connectivity index (χ0v) is 13.2. The van der Waals surface area contributed by atoms with E-state index in [-0.39, 0.29) is 12.4 Å². The minimum atomic E-state index is -0.564. The summed E-state index contributed by atoms with van der Waals surface area (Å²) in [6.07, 6.45) is 6.55. The minimum absolute atomic E-state index is 0. The number of nitrogens with one attached hydrogen (secondary N) is 2. The third-order valence-electron chi connectivity index (χ3n) is 3.73. The van der Waals surface area contributed by atoms with Crippen molar-refractivity contribution in [3.63, 3.8) is 0 Å². The number of benzene rings is 1. The molecule has 0 saturated heterocycles. The van der Waals surface area contributed by atoms with Gasteiger partial charge in [0, 0.05) is 18.3 Å². The van der Waals surface area contributed by atoms with E-state index in [0.717, 1.165) is 24.2 Å². The van der Waals surface area contributed by atoms with Gasteiger partial charge in [0.1, 0.15) is 5.82 Å². The molecule has 1 aromatic carbocycles. The highest BCUT2D eigenvalue weighted by molar-refractivity contribution is 5.90. The lowest BCUT2D eigenvalue weighted by molar-refractivity contribution is -0.124. The molecule has 0 spiro atoms. The van der Waals surface area contributed by atoms with Crippen LogP contribution in [-0.2, 0) is 17.6 Å². The summed E-state index contributed by atoms with van der Waals surface area (Å²) < 4.78 is 0. The van der Waals surface area contributed by atoms with Gasteiger partial charge >= 0.3 is 0 Å². The van der Waals surface area contributed by atoms with E-state index in [2.05, 4.69) is 34.6 Å². The van der Waals surface area contributed by atoms with Crippen LogP contribution in [0, 0.1) is 0 Å². The maximum atomic E-state index is 10.9. The monoisotopic (exact) mass is 331 g/mol. The quantitative estimate of drug-likeness (QED) is 0.457. The normalized spacial score (nSPS) is 13.4. The molecule has 1 aliphatic rings. The average molecular weight is 332 g/mol. The number of anilines is 1. The minimum Gasteiger partial charge on any atom is -0.367 e. The second-order valence-electron chi connectivity index (χ2n) is 5.30. The Kier molecular flexibility index (Phi) is 5.73. The molecule has 23 heavy (non-hydrogen) atoms. The third-order valence-corrected chi connectivity index (χ3v) is 3.73. The molecule has 1 amide bonds. The zero-order valence-electron chi connectivity index (χ0n) is 12.4. The summed E-state index contributed by atoms with van der Waals surface area (Å²) in [6.45, 7) is 0. The number of hydrogen-bond donors (Lipinski definition) is 3. The first-order valence-electron chi connectivity index (χ1n) is 7.16. The van der Waals surface area contributed by atoms with Gasteiger partial charge < -0.3 is 5.32 Å². The average Bonchev–Trinajstić information content (AvgIpc) is 2.96. The molecule has 3 rings (SSSR count). The maximum absolute atomic E-state index is 10.9. The number of carbonyl (C=O) groups excluding carboxylic acids is 1. The Labute approximate surface area is 140 Å². The van der Waals surface area contributed by atoms with E-state index in [4.69, 9.17) is 5.21 Å². The topological polar surface area (TPSA) is 74.2 Å². The van der Waals surface area contributed by atoms with Crippen LogP contribution in [0.5, 0.6) is 0 Å². The highest BCUT2D eigenvalue weighted by atomic mass is 35.5. The van der Waals surface area contributed by atoms with Crippen LogP contribution >= 0.6 is 12.4 Å². The number of hydroxylamine groups is 1. The zero-order chi connectivity index (χ0) is 15.4. The standard InChI is InChI=1S/C17H17N3O2.ClH/c21-17(20-22)8-6-12-5-7-16(18-11-12)19-15-9-13-3-1-2-4-14(13)10-15;/h1-8,11,15,22H,9-10H2,(H,18,19)(H,20,21);1H. The summed E-state index contributed by atoms with van der Waals surface area (Å²) in [6, 6.07) is 12.6. The lowest BCUT2D eigenvalue weighted by atomic mass is 10.1. The summed E-state index contributed by atoms with van der Waals surface area (Å²) in [7, 11) is 0. The van der Waals surface area contributed by atoms with Crippen LogP contribution < -0.4 is 10.8 Å². The number of aromatic nitrogens is 1. The SMILES string of the molecule is Cl.O=C(C=Cc1ccc(NC2Cc3ccccc3C2)nc1)NO. The largest absolute Gasteiger partial charge is 0.367 e. The van der Waals surface area contributed by atoms with Crippen molar-refractivity contribution in [2.24, 2.45) is 0 Å². The van der Waals surface area contributed by atoms with Gasteiger partial charge in [-0.15, -0.1) is 12.4 Å². The maximum Gasteiger partial charge on any atom is 0.267 e. The molecule has 1 heterocycles. The molecule has 3 N–H and O–H groups in total. The Morgan fingerprint density at radius 1 is 1.17 bits per heavy atom. The summed E-state index contributed by atoms with van der Waals surface area (Å²) in [5.41, 5.74) is 5.14. The fraction of sp³-hybridized carbons (Fsp3) is 0.176. The van der Waals surface area contributed by atoms with Crippen LogP contribution in [0.25, 0.3) is 6.08 Å². The third kappa shape index (κ3) is 4.31. The van der Waals surface area contributed by atoms with Crippen LogP contribution in [-0.4, -0.2) is 22.1 Å². The highest BCUT2D eigenvalue weighted by Crippen LogP contribution is 2.23. The molecule has 2 aromatic rings.